The largest absolute Gasteiger partial charge is 0.489 e. The highest BCUT2D eigenvalue weighted by Crippen LogP contribution is 2.25. The van der Waals surface area contributed by atoms with Gasteiger partial charge in [-0.05, 0) is 50.8 Å². The van der Waals surface area contributed by atoms with Crippen LogP contribution in [0.3, 0.4) is 0 Å². The lowest BCUT2D eigenvalue weighted by atomic mass is 9.98. The summed E-state index contributed by atoms with van der Waals surface area (Å²) in [5.74, 6) is 0.854. The molecule has 1 N–H and O–H groups in total. The van der Waals surface area contributed by atoms with Gasteiger partial charge in [0, 0.05) is 25.5 Å². The quantitative estimate of drug-likeness (QED) is 0.850. The minimum absolute atomic E-state index is 0.00655. The number of hydrogen-bond donors (Lipinski definition) is 1. The number of anilines is 1. The number of nitrogens with zero attached hydrogens (tertiary/aromatic N) is 2. The number of nitrogens with one attached hydrogen (secondary N) is 1. The van der Waals surface area contributed by atoms with E-state index in [0.29, 0.717) is 28.5 Å². The minimum Gasteiger partial charge on any atom is -0.489 e. The Morgan fingerprint density at radius 1 is 1.14 bits per heavy atom. The highest BCUT2D eigenvalue weighted by Gasteiger charge is 2.22. The molecule has 0 saturated carbocycles. The van der Waals surface area contributed by atoms with Crippen LogP contribution in [0.2, 0.25) is 0 Å². The minimum atomic E-state index is -0.325. The van der Waals surface area contributed by atoms with Gasteiger partial charge in [-0.15, -0.1) is 0 Å². The number of hydrogen-bond acceptors (Lipinski definition) is 4. The lowest BCUT2D eigenvalue weighted by molar-refractivity contribution is 0.0697. The Morgan fingerprint density at radius 2 is 1.82 bits per heavy atom. The first-order valence-corrected chi connectivity index (χ1v) is 9.75. The van der Waals surface area contributed by atoms with Crippen LogP contribution < -0.4 is 10.1 Å². The summed E-state index contributed by atoms with van der Waals surface area (Å²) in [4.78, 5) is 31.4. The van der Waals surface area contributed by atoms with E-state index in [4.69, 9.17) is 4.74 Å². The molecule has 1 aliphatic rings. The van der Waals surface area contributed by atoms with Crippen molar-refractivity contribution in [3.8, 4) is 5.75 Å². The number of rotatable bonds is 5. The first kappa shape index (κ1) is 19.9. The van der Waals surface area contributed by atoms with Gasteiger partial charge >= 0.3 is 0 Å². The highest BCUT2D eigenvalue weighted by molar-refractivity contribution is 6.06. The van der Waals surface area contributed by atoms with Crippen molar-refractivity contribution in [2.45, 2.75) is 39.7 Å². The van der Waals surface area contributed by atoms with Gasteiger partial charge in [-0.2, -0.15) is 0 Å². The summed E-state index contributed by atoms with van der Waals surface area (Å²) in [6.07, 6.45) is 4.99. The fraction of sp³-hybridized carbons (Fsp3) is 0.409. The van der Waals surface area contributed by atoms with E-state index in [9.17, 15) is 9.59 Å². The molecule has 0 bridgehead atoms. The standard InChI is InChI=1S/C22H27N3O3/c1-15(2)28-20-7-5-4-6-19(20)24-21(26)17-12-18(14-23-13-17)22(27)25-10-8-16(3)9-11-25/h4-7,12-16H,8-11H2,1-3H3,(H,24,26). The van der Waals surface area contributed by atoms with Crippen molar-refractivity contribution in [2.75, 3.05) is 18.4 Å². The Hall–Kier alpha value is -2.89. The number of ether oxygens (including phenoxy) is 1. The summed E-state index contributed by atoms with van der Waals surface area (Å²) >= 11 is 0. The van der Waals surface area contributed by atoms with Crippen LogP contribution in [0, 0.1) is 5.92 Å². The maximum atomic E-state index is 12.7. The van der Waals surface area contributed by atoms with Gasteiger partial charge < -0.3 is 15.0 Å². The molecule has 0 atom stereocenters. The molecule has 2 amide bonds. The zero-order valence-corrected chi connectivity index (χ0v) is 16.6. The third-order valence-corrected chi connectivity index (χ3v) is 4.82. The summed E-state index contributed by atoms with van der Waals surface area (Å²) in [6, 6.07) is 8.89. The van der Waals surface area contributed by atoms with Crippen molar-refractivity contribution in [2.24, 2.45) is 5.92 Å². The van der Waals surface area contributed by atoms with Crippen LogP contribution >= 0.6 is 0 Å². The van der Waals surface area contributed by atoms with Crippen LogP contribution in [-0.4, -0.2) is 40.9 Å². The van der Waals surface area contributed by atoms with E-state index in [0.717, 1.165) is 25.9 Å². The number of amides is 2. The second-order valence-electron chi connectivity index (χ2n) is 7.55. The number of aromatic nitrogens is 1. The van der Waals surface area contributed by atoms with Crippen LogP contribution in [0.4, 0.5) is 5.69 Å². The third kappa shape index (κ3) is 4.88. The lowest BCUT2D eigenvalue weighted by Crippen LogP contribution is -2.38. The number of benzene rings is 1. The van der Waals surface area contributed by atoms with E-state index in [1.165, 1.54) is 12.4 Å². The zero-order chi connectivity index (χ0) is 20.1. The molecule has 1 aliphatic heterocycles. The van der Waals surface area contributed by atoms with Crippen molar-refractivity contribution in [1.29, 1.82) is 0 Å². The number of para-hydroxylation sites is 2. The second-order valence-corrected chi connectivity index (χ2v) is 7.55. The van der Waals surface area contributed by atoms with Crippen molar-refractivity contribution in [1.82, 2.24) is 9.88 Å². The number of carbonyl (C=O) groups is 2. The van der Waals surface area contributed by atoms with Gasteiger partial charge in [0.15, 0.2) is 0 Å². The van der Waals surface area contributed by atoms with Crippen LogP contribution in [0.1, 0.15) is 54.3 Å². The Bertz CT molecular complexity index is 842. The summed E-state index contributed by atoms with van der Waals surface area (Å²) in [7, 11) is 0. The monoisotopic (exact) mass is 381 g/mol. The Balaban J connectivity index is 1.73. The van der Waals surface area contributed by atoms with Crippen molar-refractivity contribution in [3.63, 3.8) is 0 Å². The summed E-state index contributed by atoms with van der Waals surface area (Å²) in [5.41, 5.74) is 1.37. The SMILES string of the molecule is CC1CCN(C(=O)c2cncc(C(=O)Nc3ccccc3OC(C)C)c2)CC1. The first-order valence-electron chi connectivity index (χ1n) is 9.75. The van der Waals surface area contributed by atoms with Gasteiger partial charge in [-0.3, -0.25) is 14.6 Å². The Kier molecular flexibility index (Phi) is 6.29. The van der Waals surface area contributed by atoms with E-state index in [-0.39, 0.29) is 17.9 Å². The fourth-order valence-electron chi connectivity index (χ4n) is 3.20. The zero-order valence-electron chi connectivity index (χ0n) is 16.6. The summed E-state index contributed by atoms with van der Waals surface area (Å²) in [6.45, 7) is 7.56. The molecule has 3 rings (SSSR count). The number of carbonyl (C=O) groups excluding carboxylic acids is 2. The average molecular weight is 381 g/mol. The molecule has 0 unspecified atom stereocenters. The molecule has 2 aromatic rings. The van der Waals surface area contributed by atoms with Gasteiger partial charge in [-0.1, -0.05) is 19.1 Å². The van der Waals surface area contributed by atoms with Crippen molar-refractivity contribution < 1.29 is 14.3 Å². The molecular weight excluding hydrogens is 354 g/mol. The molecule has 1 saturated heterocycles. The molecule has 2 heterocycles. The van der Waals surface area contributed by atoms with E-state index in [2.05, 4.69) is 17.2 Å². The van der Waals surface area contributed by atoms with Gasteiger partial charge in [0.05, 0.1) is 22.9 Å². The molecular formula is C22H27N3O3. The Labute approximate surface area is 165 Å². The predicted molar refractivity (Wildman–Crippen MR) is 109 cm³/mol. The molecule has 0 spiro atoms. The van der Waals surface area contributed by atoms with Crippen LogP contribution in [0.25, 0.3) is 0 Å². The van der Waals surface area contributed by atoms with Crippen LogP contribution in [0.15, 0.2) is 42.7 Å². The number of pyridine rings is 1. The first-order chi connectivity index (χ1) is 13.4. The van der Waals surface area contributed by atoms with Gasteiger partial charge in [0.2, 0.25) is 0 Å². The molecule has 148 valence electrons. The van der Waals surface area contributed by atoms with Crippen molar-refractivity contribution >= 4 is 17.5 Å². The van der Waals surface area contributed by atoms with E-state index < -0.39 is 0 Å². The fourth-order valence-corrected chi connectivity index (χ4v) is 3.20. The smallest absolute Gasteiger partial charge is 0.257 e. The van der Waals surface area contributed by atoms with Crippen molar-refractivity contribution in [3.05, 3.63) is 53.9 Å². The van der Waals surface area contributed by atoms with Crippen LogP contribution in [-0.2, 0) is 0 Å². The molecule has 6 heteroatoms. The molecule has 1 fully saturated rings. The topological polar surface area (TPSA) is 71.5 Å². The highest BCUT2D eigenvalue weighted by atomic mass is 16.5. The van der Waals surface area contributed by atoms with E-state index in [1.807, 2.05) is 36.9 Å². The summed E-state index contributed by atoms with van der Waals surface area (Å²) < 4.78 is 5.74. The number of piperidine rings is 1. The van der Waals surface area contributed by atoms with Crippen LogP contribution in [0.5, 0.6) is 5.75 Å². The molecule has 1 aromatic carbocycles. The number of likely N-dealkylation sites (tertiary alicyclic amines) is 1. The average Bonchev–Trinajstić information content (AvgIpc) is 2.69. The molecule has 1 aromatic heterocycles. The molecule has 0 radical (unpaired) electrons. The van der Waals surface area contributed by atoms with Gasteiger partial charge in [0.1, 0.15) is 5.75 Å². The second kappa shape index (κ2) is 8.87. The summed E-state index contributed by atoms with van der Waals surface area (Å²) in [5, 5.41) is 2.85. The van der Waals surface area contributed by atoms with E-state index in [1.54, 1.807) is 12.1 Å². The Morgan fingerprint density at radius 3 is 2.54 bits per heavy atom. The van der Waals surface area contributed by atoms with Gasteiger partial charge in [0.25, 0.3) is 11.8 Å². The normalized spacial score (nSPS) is 14.8. The van der Waals surface area contributed by atoms with Gasteiger partial charge in [-0.25, -0.2) is 0 Å². The maximum absolute atomic E-state index is 12.7. The molecule has 6 nitrogen and oxygen atoms in total. The van der Waals surface area contributed by atoms with E-state index >= 15 is 0 Å². The molecule has 0 aliphatic carbocycles. The maximum Gasteiger partial charge on any atom is 0.257 e. The predicted octanol–water partition coefficient (Wildman–Crippen LogP) is 3.99. The molecule has 28 heavy (non-hydrogen) atoms. The third-order valence-electron chi connectivity index (χ3n) is 4.82. The lowest BCUT2D eigenvalue weighted by Gasteiger charge is -2.30.